The number of nitrogens with zero attached hydrogens (tertiary/aromatic N) is 2. The summed E-state index contributed by atoms with van der Waals surface area (Å²) in [4.78, 5) is 34.2. The van der Waals surface area contributed by atoms with Gasteiger partial charge in [0.15, 0.2) is 5.16 Å². The molecular weight excluding hydrogens is 362 g/mol. The van der Waals surface area contributed by atoms with Crippen molar-refractivity contribution in [3.8, 4) is 5.75 Å². The van der Waals surface area contributed by atoms with Crippen LogP contribution in [-0.2, 0) is 11.2 Å². The Morgan fingerprint density at radius 3 is 2.74 bits per heavy atom. The molecule has 0 aliphatic carbocycles. The van der Waals surface area contributed by atoms with Gasteiger partial charge in [-0.2, -0.15) is 0 Å². The third kappa shape index (κ3) is 4.35. The van der Waals surface area contributed by atoms with E-state index in [1.165, 1.54) is 11.8 Å². The van der Waals surface area contributed by atoms with E-state index in [-0.39, 0.29) is 17.5 Å². The van der Waals surface area contributed by atoms with Gasteiger partial charge in [0, 0.05) is 24.2 Å². The fourth-order valence-electron chi connectivity index (χ4n) is 3.59. The number of likely N-dealkylation sites (tertiary alicyclic amines) is 1. The molecule has 0 bridgehead atoms. The molecule has 0 spiro atoms. The van der Waals surface area contributed by atoms with Crippen molar-refractivity contribution < 1.29 is 9.53 Å². The molecule has 1 N–H and O–H groups in total. The number of aromatic nitrogens is 2. The second kappa shape index (κ2) is 8.61. The van der Waals surface area contributed by atoms with Crippen LogP contribution in [-0.4, -0.2) is 40.7 Å². The van der Waals surface area contributed by atoms with E-state index in [0.29, 0.717) is 29.3 Å². The highest BCUT2D eigenvalue weighted by molar-refractivity contribution is 7.98. The number of hydrogen-bond donors (Lipinski definition) is 1. The molecule has 6 nitrogen and oxygen atoms in total. The highest BCUT2D eigenvalue weighted by Gasteiger charge is 2.29. The van der Waals surface area contributed by atoms with E-state index in [1.54, 1.807) is 7.11 Å². The third-order valence-electron chi connectivity index (χ3n) is 5.06. The summed E-state index contributed by atoms with van der Waals surface area (Å²) in [5.41, 5.74) is 2.28. The Hall–Kier alpha value is -2.28. The predicted molar refractivity (Wildman–Crippen MR) is 106 cm³/mol. The van der Waals surface area contributed by atoms with Crippen LogP contribution in [0.3, 0.4) is 0 Å². The molecule has 1 aliphatic rings. The molecule has 7 heteroatoms. The molecule has 27 heavy (non-hydrogen) atoms. The number of ether oxygens (including phenoxy) is 1. The van der Waals surface area contributed by atoms with Crippen molar-refractivity contribution in [3.63, 3.8) is 0 Å². The molecule has 0 saturated carbocycles. The monoisotopic (exact) mass is 387 g/mol. The number of carbonyl (C=O) groups is 1. The van der Waals surface area contributed by atoms with E-state index >= 15 is 0 Å². The molecule has 1 aromatic carbocycles. The van der Waals surface area contributed by atoms with Crippen molar-refractivity contribution in [2.75, 3.05) is 19.9 Å². The molecule has 1 aromatic heterocycles. The largest absolute Gasteiger partial charge is 0.497 e. The number of carbonyl (C=O) groups excluding carboxylic acids is 1. The van der Waals surface area contributed by atoms with E-state index in [0.717, 1.165) is 30.7 Å². The normalized spacial score (nSPS) is 16.6. The van der Waals surface area contributed by atoms with Crippen molar-refractivity contribution in [2.45, 2.75) is 43.8 Å². The average molecular weight is 388 g/mol. The van der Waals surface area contributed by atoms with Gasteiger partial charge in [-0.15, -0.1) is 0 Å². The highest BCUT2D eigenvalue weighted by Crippen LogP contribution is 2.33. The number of hydrogen-bond acceptors (Lipinski definition) is 5. The zero-order valence-electron chi connectivity index (χ0n) is 15.9. The molecule has 1 aliphatic heterocycles. The van der Waals surface area contributed by atoms with Gasteiger partial charge in [-0.25, -0.2) is 4.98 Å². The number of aryl methyl sites for hydroxylation is 1. The fourth-order valence-corrected chi connectivity index (χ4v) is 4.01. The fraction of sp³-hybridized carbons (Fsp3) is 0.450. The maximum atomic E-state index is 12.8. The smallest absolute Gasteiger partial charge is 0.254 e. The molecule has 1 amide bonds. The van der Waals surface area contributed by atoms with Gasteiger partial charge >= 0.3 is 0 Å². The van der Waals surface area contributed by atoms with Crippen molar-refractivity contribution in [3.05, 3.63) is 51.4 Å². The summed E-state index contributed by atoms with van der Waals surface area (Å²) in [6.45, 7) is 2.58. The first-order valence-corrected chi connectivity index (χ1v) is 10.3. The highest BCUT2D eigenvalue weighted by atomic mass is 32.2. The Labute approximate surface area is 163 Å². The van der Waals surface area contributed by atoms with Crippen molar-refractivity contribution in [1.29, 1.82) is 0 Å². The van der Waals surface area contributed by atoms with Crippen molar-refractivity contribution >= 4 is 17.7 Å². The number of thioether (sulfide) groups is 1. The molecule has 1 atom stereocenters. The maximum absolute atomic E-state index is 12.8. The molecule has 2 heterocycles. The zero-order chi connectivity index (χ0) is 19.4. The van der Waals surface area contributed by atoms with Gasteiger partial charge in [0.05, 0.1) is 13.2 Å². The topological polar surface area (TPSA) is 75.3 Å². The Kier molecular flexibility index (Phi) is 6.21. The Morgan fingerprint density at radius 1 is 1.37 bits per heavy atom. The minimum atomic E-state index is -0.146. The predicted octanol–water partition coefficient (Wildman–Crippen LogP) is 3.11. The first kappa shape index (κ1) is 19.5. The Balaban J connectivity index is 1.69. The van der Waals surface area contributed by atoms with Crippen LogP contribution in [0.15, 0.2) is 34.2 Å². The van der Waals surface area contributed by atoms with Gasteiger partial charge in [0.1, 0.15) is 5.75 Å². The summed E-state index contributed by atoms with van der Waals surface area (Å²) in [6, 6.07) is 8.00. The lowest BCUT2D eigenvalue weighted by Gasteiger charge is -2.25. The molecule has 1 unspecified atom stereocenters. The SMILES string of the molecule is COc1ccc(C2CCCN2C(=O)CCc2c(C)nc(SC)[nH]c2=O)cc1. The first-order valence-electron chi connectivity index (χ1n) is 9.10. The van der Waals surface area contributed by atoms with Gasteiger partial charge in [0.2, 0.25) is 5.91 Å². The van der Waals surface area contributed by atoms with Gasteiger partial charge in [-0.3, -0.25) is 9.59 Å². The summed E-state index contributed by atoms with van der Waals surface area (Å²) < 4.78 is 5.21. The van der Waals surface area contributed by atoms with Crippen LogP contribution >= 0.6 is 11.8 Å². The van der Waals surface area contributed by atoms with E-state index < -0.39 is 0 Å². The van der Waals surface area contributed by atoms with Crippen LogP contribution in [0, 0.1) is 6.92 Å². The van der Waals surface area contributed by atoms with Gasteiger partial charge in [-0.05, 0) is 50.1 Å². The molecule has 1 saturated heterocycles. The van der Waals surface area contributed by atoms with Crippen LogP contribution in [0.5, 0.6) is 5.75 Å². The lowest BCUT2D eigenvalue weighted by Crippen LogP contribution is -2.31. The lowest BCUT2D eigenvalue weighted by molar-refractivity contribution is -0.132. The lowest BCUT2D eigenvalue weighted by atomic mass is 10.0. The second-order valence-corrected chi connectivity index (χ2v) is 7.45. The van der Waals surface area contributed by atoms with Gasteiger partial charge in [0.25, 0.3) is 5.56 Å². The minimum Gasteiger partial charge on any atom is -0.497 e. The molecular formula is C20H25N3O3S. The number of benzene rings is 1. The number of aromatic amines is 1. The van der Waals surface area contributed by atoms with E-state index in [4.69, 9.17) is 4.74 Å². The van der Waals surface area contributed by atoms with Crippen LogP contribution in [0.2, 0.25) is 0 Å². The van der Waals surface area contributed by atoms with E-state index in [2.05, 4.69) is 9.97 Å². The first-order chi connectivity index (χ1) is 13.0. The van der Waals surface area contributed by atoms with E-state index in [1.807, 2.05) is 42.3 Å². The maximum Gasteiger partial charge on any atom is 0.254 e. The third-order valence-corrected chi connectivity index (χ3v) is 5.64. The second-order valence-electron chi connectivity index (χ2n) is 6.66. The van der Waals surface area contributed by atoms with Gasteiger partial charge < -0.3 is 14.6 Å². The number of methoxy groups -OCH3 is 1. The Morgan fingerprint density at radius 2 is 2.11 bits per heavy atom. The van der Waals surface area contributed by atoms with Crippen molar-refractivity contribution in [2.24, 2.45) is 0 Å². The Bertz CT molecular complexity index is 864. The molecule has 2 aromatic rings. The van der Waals surface area contributed by atoms with E-state index in [9.17, 15) is 9.59 Å². The summed E-state index contributed by atoms with van der Waals surface area (Å²) >= 11 is 1.40. The standard InChI is InChI=1S/C20H25N3O3S/c1-13-16(19(25)22-20(21-13)27-3)10-11-18(24)23-12-4-5-17(23)14-6-8-15(26-2)9-7-14/h6-9,17H,4-5,10-12H2,1-3H3,(H,21,22,25). The van der Waals surface area contributed by atoms with Crippen LogP contribution in [0.1, 0.15) is 42.1 Å². The summed E-state index contributed by atoms with van der Waals surface area (Å²) in [6.07, 6.45) is 4.55. The summed E-state index contributed by atoms with van der Waals surface area (Å²) in [5.74, 6) is 0.895. The average Bonchev–Trinajstić information content (AvgIpc) is 3.17. The molecule has 0 radical (unpaired) electrons. The number of H-pyrrole nitrogens is 1. The number of rotatable bonds is 6. The number of amides is 1. The van der Waals surface area contributed by atoms with Crippen LogP contribution in [0.4, 0.5) is 0 Å². The zero-order valence-corrected chi connectivity index (χ0v) is 16.8. The summed E-state index contributed by atoms with van der Waals surface area (Å²) in [5, 5.41) is 0.603. The number of nitrogens with one attached hydrogen (secondary N) is 1. The minimum absolute atomic E-state index is 0.0843. The quantitative estimate of drug-likeness (QED) is 0.609. The van der Waals surface area contributed by atoms with Crippen LogP contribution in [0.25, 0.3) is 0 Å². The molecule has 1 fully saturated rings. The van der Waals surface area contributed by atoms with Crippen LogP contribution < -0.4 is 10.3 Å². The van der Waals surface area contributed by atoms with Crippen molar-refractivity contribution in [1.82, 2.24) is 14.9 Å². The molecule has 144 valence electrons. The molecule has 3 rings (SSSR count). The van der Waals surface area contributed by atoms with Gasteiger partial charge in [-0.1, -0.05) is 23.9 Å². The summed E-state index contributed by atoms with van der Waals surface area (Å²) in [7, 11) is 1.64.